The molecule has 3 rings (SSSR count). The molecule has 5 nitrogen and oxygen atoms in total. The minimum absolute atomic E-state index is 0.402. The van der Waals surface area contributed by atoms with Crippen molar-refractivity contribution < 1.29 is 9.47 Å². The second kappa shape index (κ2) is 10.0. The fraction of sp³-hybridized carbons (Fsp3) is 0.417. The summed E-state index contributed by atoms with van der Waals surface area (Å²) in [6.45, 7) is 13.1. The standard InChI is InChI=1S/C24H33N3O2Si/c1-19(2)20-8-10-21(11-9-20)29-17-23-22(7-6-13-25-23)24-12-14-26-27(24)18-28-15-16-30(3,4)5/h6-14,19H,15-18H2,1-5H3. The Morgan fingerprint density at radius 3 is 2.47 bits per heavy atom. The smallest absolute Gasteiger partial charge is 0.139 e. The van der Waals surface area contributed by atoms with Crippen LogP contribution in [-0.4, -0.2) is 29.4 Å². The number of rotatable bonds is 10. The van der Waals surface area contributed by atoms with Crippen LogP contribution in [0.4, 0.5) is 0 Å². The fourth-order valence-corrected chi connectivity index (χ4v) is 3.84. The van der Waals surface area contributed by atoms with Crippen molar-refractivity contribution in [1.82, 2.24) is 14.8 Å². The number of benzene rings is 1. The lowest BCUT2D eigenvalue weighted by Crippen LogP contribution is -2.22. The lowest BCUT2D eigenvalue weighted by Gasteiger charge is -2.16. The van der Waals surface area contributed by atoms with Gasteiger partial charge in [-0.3, -0.25) is 4.98 Å². The van der Waals surface area contributed by atoms with Gasteiger partial charge in [0.25, 0.3) is 0 Å². The number of pyridine rings is 1. The molecule has 0 amide bonds. The van der Waals surface area contributed by atoms with Crippen molar-refractivity contribution in [3.05, 3.63) is 66.1 Å². The van der Waals surface area contributed by atoms with Crippen LogP contribution in [0.25, 0.3) is 11.3 Å². The summed E-state index contributed by atoms with van der Waals surface area (Å²) in [6, 6.07) is 15.4. The zero-order valence-electron chi connectivity index (χ0n) is 18.8. The van der Waals surface area contributed by atoms with E-state index in [-0.39, 0.29) is 0 Å². The second-order valence-electron chi connectivity index (χ2n) is 9.07. The van der Waals surface area contributed by atoms with Gasteiger partial charge in [0.2, 0.25) is 0 Å². The Balaban J connectivity index is 1.67. The van der Waals surface area contributed by atoms with Gasteiger partial charge in [-0.1, -0.05) is 45.6 Å². The van der Waals surface area contributed by atoms with Crippen molar-refractivity contribution in [2.24, 2.45) is 0 Å². The summed E-state index contributed by atoms with van der Waals surface area (Å²) >= 11 is 0. The van der Waals surface area contributed by atoms with E-state index in [0.29, 0.717) is 19.3 Å². The van der Waals surface area contributed by atoms with Crippen LogP contribution in [0.15, 0.2) is 54.9 Å². The quantitative estimate of drug-likeness (QED) is 0.298. The molecular formula is C24H33N3O2Si. The Morgan fingerprint density at radius 2 is 1.77 bits per heavy atom. The van der Waals surface area contributed by atoms with E-state index in [1.54, 1.807) is 12.4 Å². The molecule has 0 saturated heterocycles. The van der Waals surface area contributed by atoms with Crippen LogP contribution in [0.2, 0.25) is 25.7 Å². The molecule has 0 N–H and O–H groups in total. The van der Waals surface area contributed by atoms with Crippen LogP contribution in [0.5, 0.6) is 5.75 Å². The molecule has 3 aromatic rings. The summed E-state index contributed by atoms with van der Waals surface area (Å²) in [7, 11) is -1.10. The van der Waals surface area contributed by atoms with E-state index in [9.17, 15) is 0 Å². The first-order valence-corrected chi connectivity index (χ1v) is 14.3. The van der Waals surface area contributed by atoms with Crippen LogP contribution < -0.4 is 4.74 Å². The number of hydrogen-bond acceptors (Lipinski definition) is 4. The first-order valence-electron chi connectivity index (χ1n) is 10.6. The Bertz CT molecular complexity index is 930. The molecule has 0 aliphatic carbocycles. The molecule has 1 aromatic carbocycles. The van der Waals surface area contributed by atoms with Gasteiger partial charge in [-0.2, -0.15) is 5.10 Å². The molecular weight excluding hydrogens is 390 g/mol. The van der Waals surface area contributed by atoms with Gasteiger partial charge in [0, 0.05) is 32.6 Å². The molecule has 0 aliphatic heterocycles. The third-order valence-electron chi connectivity index (χ3n) is 5.02. The zero-order valence-corrected chi connectivity index (χ0v) is 19.8. The maximum Gasteiger partial charge on any atom is 0.139 e. The monoisotopic (exact) mass is 423 g/mol. The lowest BCUT2D eigenvalue weighted by molar-refractivity contribution is 0.0797. The predicted molar refractivity (Wildman–Crippen MR) is 124 cm³/mol. The van der Waals surface area contributed by atoms with Gasteiger partial charge >= 0.3 is 0 Å². The highest BCUT2D eigenvalue weighted by atomic mass is 28.3. The third-order valence-corrected chi connectivity index (χ3v) is 6.72. The normalized spacial score (nSPS) is 11.8. The summed E-state index contributed by atoms with van der Waals surface area (Å²) in [5.41, 5.74) is 4.20. The van der Waals surface area contributed by atoms with E-state index in [1.807, 2.05) is 28.9 Å². The number of ether oxygens (including phenoxy) is 2. The Morgan fingerprint density at radius 1 is 1.00 bits per heavy atom. The highest BCUT2D eigenvalue weighted by Gasteiger charge is 2.14. The molecule has 160 valence electrons. The van der Waals surface area contributed by atoms with E-state index >= 15 is 0 Å². The second-order valence-corrected chi connectivity index (χ2v) is 14.7. The van der Waals surface area contributed by atoms with Gasteiger partial charge in [-0.15, -0.1) is 0 Å². The maximum absolute atomic E-state index is 6.02. The molecule has 0 radical (unpaired) electrons. The van der Waals surface area contributed by atoms with E-state index in [1.165, 1.54) is 5.56 Å². The number of aromatic nitrogens is 3. The van der Waals surface area contributed by atoms with Crippen LogP contribution >= 0.6 is 0 Å². The van der Waals surface area contributed by atoms with E-state index in [2.05, 4.69) is 61.8 Å². The Labute approximate surface area is 181 Å². The molecule has 0 fully saturated rings. The molecule has 0 saturated carbocycles. The summed E-state index contributed by atoms with van der Waals surface area (Å²) < 4.78 is 13.8. The number of hydrogen-bond donors (Lipinski definition) is 0. The minimum atomic E-state index is -1.10. The highest BCUT2D eigenvalue weighted by molar-refractivity contribution is 6.76. The Hall–Kier alpha value is -2.44. The lowest BCUT2D eigenvalue weighted by atomic mass is 10.0. The van der Waals surface area contributed by atoms with Crippen molar-refractivity contribution in [1.29, 1.82) is 0 Å². The van der Waals surface area contributed by atoms with Gasteiger partial charge in [0.05, 0.1) is 11.4 Å². The van der Waals surface area contributed by atoms with Crippen LogP contribution in [0.3, 0.4) is 0 Å². The molecule has 0 spiro atoms. The zero-order chi connectivity index (χ0) is 21.6. The van der Waals surface area contributed by atoms with Gasteiger partial charge in [-0.05, 0) is 47.9 Å². The van der Waals surface area contributed by atoms with E-state index in [0.717, 1.165) is 35.4 Å². The van der Waals surface area contributed by atoms with Crippen molar-refractivity contribution in [3.63, 3.8) is 0 Å². The van der Waals surface area contributed by atoms with Gasteiger partial charge in [0.15, 0.2) is 0 Å². The van der Waals surface area contributed by atoms with E-state index < -0.39 is 8.07 Å². The Kier molecular flexibility index (Phi) is 7.45. The first kappa shape index (κ1) is 22.2. The summed E-state index contributed by atoms with van der Waals surface area (Å²) in [5.74, 6) is 1.36. The molecule has 0 aliphatic rings. The van der Waals surface area contributed by atoms with Crippen molar-refractivity contribution in [2.75, 3.05) is 6.61 Å². The van der Waals surface area contributed by atoms with Gasteiger partial charge in [-0.25, -0.2) is 4.68 Å². The highest BCUT2D eigenvalue weighted by Crippen LogP contribution is 2.24. The number of nitrogens with zero attached hydrogens (tertiary/aromatic N) is 3. The molecule has 0 atom stereocenters. The van der Waals surface area contributed by atoms with Gasteiger partial charge < -0.3 is 9.47 Å². The molecule has 0 unspecified atom stereocenters. The fourth-order valence-electron chi connectivity index (χ4n) is 3.08. The van der Waals surface area contributed by atoms with Crippen LogP contribution in [-0.2, 0) is 18.1 Å². The molecule has 30 heavy (non-hydrogen) atoms. The summed E-state index contributed by atoms with van der Waals surface area (Å²) in [6.07, 6.45) is 3.61. The van der Waals surface area contributed by atoms with Crippen LogP contribution in [0.1, 0.15) is 31.0 Å². The summed E-state index contributed by atoms with van der Waals surface area (Å²) in [4.78, 5) is 4.56. The van der Waals surface area contributed by atoms with Gasteiger partial charge in [0.1, 0.15) is 19.1 Å². The SMILES string of the molecule is CC(C)c1ccc(OCc2ncccc2-c2ccnn2COCC[Si](C)(C)C)cc1. The average Bonchev–Trinajstić information content (AvgIpc) is 3.18. The predicted octanol–water partition coefficient (Wildman–Crippen LogP) is 5.96. The molecule has 6 heteroatoms. The molecule has 2 aromatic heterocycles. The summed E-state index contributed by atoms with van der Waals surface area (Å²) in [5, 5.41) is 4.45. The van der Waals surface area contributed by atoms with Crippen LogP contribution in [0, 0.1) is 0 Å². The third kappa shape index (κ3) is 6.28. The van der Waals surface area contributed by atoms with Crippen molar-refractivity contribution in [3.8, 4) is 17.0 Å². The maximum atomic E-state index is 6.02. The average molecular weight is 424 g/mol. The first-order chi connectivity index (χ1) is 14.3. The molecule has 0 bridgehead atoms. The topological polar surface area (TPSA) is 49.2 Å². The molecule has 2 heterocycles. The minimum Gasteiger partial charge on any atom is -0.487 e. The van der Waals surface area contributed by atoms with Crippen molar-refractivity contribution in [2.45, 2.75) is 58.8 Å². The van der Waals surface area contributed by atoms with E-state index in [4.69, 9.17) is 9.47 Å². The largest absolute Gasteiger partial charge is 0.487 e. The van der Waals surface area contributed by atoms with Crippen molar-refractivity contribution >= 4 is 8.07 Å².